The fraction of sp³-hybridized carbons (Fsp3) is 0.778. The van der Waals surface area contributed by atoms with E-state index >= 15 is 0 Å². The summed E-state index contributed by atoms with van der Waals surface area (Å²) in [4.78, 5) is 69.3. The second kappa shape index (κ2) is 22.3. The summed E-state index contributed by atoms with van der Waals surface area (Å²) in [6.07, 6.45) is 11.8. The molecule has 14 heteroatoms. The maximum absolute atomic E-state index is 13.1. The van der Waals surface area contributed by atoms with Gasteiger partial charge in [0.1, 0.15) is 25.6 Å². The molecular formula is C36H57N3O11. The van der Waals surface area contributed by atoms with Crippen LogP contribution in [0.25, 0.3) is 0 Å². The van der Waals surface area contributed by atoms with Crippen molar-refractivity contribution >= 4 is 29.9 Å². The summed E-state index contributed by atoms with van der Waals surface area (Å²) in [5, 5.41) is 18.3. The summed E-state index contributed by atoms with van der Waals surface area (Å²) in [6.45, 7) is 3.19. The number of hydrogen-bond donors (Lipinski definition) is 2. The maximum atomic E-state index is 13.1. The van der Waals surface area contributed by atoms with Gasteiger partial charge in [0.15, 0.2) is 6.10 Å². The van der Waals surface area contributed by atoms with Gasteiger partial charge in [-0.3, -0.25) is 23.7 Å². The topological polar surface area (TPSA) is 184 Å². The van der Waals surface area contributed by atoms with Crippen LogP contribution in [-0.4, -0.2) is 106 Å². The lowest BCUT2D eigenvalue weighted by Gasteiger charge is -2.28. The molecule has 0 aromatic carbocycles. The molecule has 0 radical (unpaired) electrons. The number of imidazole rings is 1. The number of esters is 4. The molecule has 1 aromatic rings. The van der Waals surface area contributed by atoms with Crippen molar-refractivity contribution in [1.82, 2.24) is 14.5 Å². The molecule has 0 unspecified atom stereocenters. The van der Waals surface area contributed by atoms with Crippen molar-refractivity contribution in [3.63, 3.8) is 0 Å². The lowest BCUT2D eigenvalue weighted by Crippen LogP contribution is -2.37. The predicted octanol–water partition coefficient (Wildman–Crippen LogP) is 4.04. The van der Waals surface area contributed by atoms with E-state index in [2.05, 4.69) is 18.8 Å². The monoisotopic (exact) mass is 707 g/mol. The molecule has 3 rings (SSSR count). The number of aliphatic hydroxyl groups excluding tert-OH is 2. The van der Waals surface area contributed by atoms with Gasteiger partial charge in [-0.2, -0.15) is 0 Å². The zero-order valence-corrected chi connectivity index (χ0v) is 29.7. The third kappa shape index (κ3) is 14.0. The fourth-order valence-corrected chi connectivity index (χ4v) is 6.60. The first-order valence-corrected chi connectivity index (χ1v) is 18.4. The van der Waals surface area contributed by atoms with E-state index in [0.29, 0.717) is 11.8 Å². The summed E-state index contributed by atoms with van der Waals surface area (Å²) in [5.74, 6) is -1.01. The number of aliphatic hydroxyl groups is 2. The van der Waals surface area contributed by atoms with Crippen LogP contribution in [0.3, 0.4) is 0 Å². The van der Waals surface area contributed by atoms with Gasteiger partial charge in [-0.05, 0) is 76.0 Å². The first kappa shape index (κ1) is 40.9. The molecule has 2 N–H and O–H groups in total. The zero-order chi connectivity index (χ0) is 36.3. The van der Waals surface area contributed by atoms with Gasteiger partial charge >= 0.3 is 29.9 Å². The van der Waals surface area contributed by atoms with Gasteiger partial charge in [-0.1, -0.05) is 26.7 Å². The van der Waals surface area contributed by atoms with Crippen LogP contribution in [0.5, 0.6) is 0 Å². The molecule has 2 aliphatic rings. The second-order valence-corrected chi connectivity index (χ2v) is 13.5. The van der Waals surface area contributed by atoms with Crippen molar-refractivity contribution in [3.05, 3.63) is 18.7 Å². The number of carbonyl (C=O) groups is 5. The van der Waals surface area contributed by atoms with E-state index in [9.17, 15) is 24.0 Å². The molecule has 1 amide bonds. The number of carbonyl (C=O) groups excluding carboxylic acids is 5. The van der Waals surface area contributed by atoms with E-state index in [0.717, 1.165) is 64.2 Å². The van der Waals surface area contributed by atoms with E-state index in [4.69, 9.17) is 29.2 Å². The van der Waals surface area contributed by atoms with Gasteiger partial charge in [0.25, 0.3) is 0 Å². The van der Waals surface area contributed by atoms with Crippen LogP contribution in [0.2, 0.25) is 0 Å². The summed E-state index contributed by atoms with van der Waals surface area (Å²) >= 11 is 0. The number of ether oxygens (including phenoxy) is 4. The number of aromatic nitrogens is 2. The average molecular weight is 708 g/mol. The van der Waals surface area contributed by atoms with Crippen LogP contribution in [0.4, 0.5) is 4.79 Å². The normalized spacial score (nSPS) is 21.2. The molecule has 0 saturated heterocycles. The minimum atomic E-state index is -1.00. The summed E-state index contributed by atoms with van der Waals surface area (Å²) < 4.78 is 23.1. The van der Waals surface area contributed by atoms with E-state index in [1.165, 1.54) is 28.2 Å². The minimum Gasteiger partial charge on any atom is -0.461 e. The van der Waals surface area contributed by atoms with Gasteiger partial charge in [-0.15, -0.1) is 0 Å². The summed E-state index contributed by atoms with van der Waals surface area (Å²) in [6, 6.07) is -0.398. The van der Waals surface area contributed by atoms with Crippen LogP contribution in [0.15, 0.2) is 18.7 Å². The average Bonchev–Trinajstić information content (AvgIpc) is 3.69. The van der Waals surface area contributed by atoms with Crippen molar-refractivity contribution in [2.24, 2.45) is 23.7 Å². The Morgan fingerprint density at radius 3 is 1.60 bits per heavy atom. The van der Waals surface area contributed by atoms with Crippen molar-refractivity contribution in [3.8, 4) is 0 Å². The largest absolute Gasteiger partial charge is 0.461 e. The summed E-state index contributed by atoms with van der Waals surface area (Å²) in [5.41, 5.74) is 0. The highest BCUT2D eigenvalue weighted by molar-refractivity contribution is 5.77. The third-order valence-electron chi connectivity index (χ3n) is 9.96. The Morgan fingerprint density at radius 1 is 0.740 bits per heavy atom. The van der Waals surface area contributed by atoms with Crippen LogP contribution < -0.4 is 0 Å². The van der Waals surface area contributed by atoms with E-state index < -0.39 is 43.4 Å². The Kier molecular flexibility index (Phi) is 18.3. The van der Waals surface area contributed by atoms with Gasteiger partial charge in [0, 0.05) is 38.3 Å². The highest BCUT2D eigenvalue weighted by atomic mass is 16.6. The third-order valence-corrected chi connectivity index (χ3v) is 9.96. The summed E-state index contributed by atoms with van der Waals surface area (Å²) in [7, 11) is 0. The molecule has 50 heavy (non-hydrogen) atoms. The van der Waals surface area contributed by atoms with Gasteiger partial charge < -0.3 is 34.1 Å². The molecule has 1 heterocycles. The Balaban J connectivity index is 1.53. The standard InChI is InChI=1S/C36H57N3O11/c1-3-26-9-13-28(14-10-26)34(44)47-23-31(24-48-35(45)29-15-11-27(4-2)12-16-29)50-33(43)8-6-19-38(36(46)39-20-17-37-25-39)18-5-7-32(42)49-30(21-40)22-41/h17,20,25-31,40-41H,3-16,18-19,21-24H2,1-2H3. The molecular weight excluding hydrogens is 650 g/mol. The van der Waals surface area contributed by atoms with Gasteiger partial charge in [0.05, 0.1) is 25.0 Å². The molecule has 0 aliphatic heterocycles. The number of amides is 1. The van der Waals surface area contributed by atoms with Crippen molar-refractivity contribution in [1.29, 1.82) is 0 Å². The molecule has 2 aliphatic carbocycles. The molecule has 0 atom stereocenters. The molecule has 0 bridgehead atoms. The van der Waals surface area contributed by atoms with Crippen molar-refractivity contribution < 1.29 is 53.1 Å². The number of rotatable bonds is 20. The molecule has 14 nitrogen and oxygen atoms in total. The minimum absolute atomic E-state index is 0.0501. The zero-order valence-electron chi connectivity index (χ0n) is 29.7. The lowest BCUT2D eigenvalue weighted by atomic mass is 9.81. The molecule has 0 spiro atoms. The lowest BCUT2D eigenvalue weighted by molar-refractivity contribution is -0.170. The fourth-order valence-electron chi connectivity index (χ4n) is 6.60. The van der Waals surface area contributed by atoms with Crippen molar-refractivity contribution in [2.45, 2.75) is 116 Å². The quantitative estimate of drug-likeness (QED) is 0.147. The first-order valence-electron chi connectivity index (χ1n) is 18.4. The van der Waals surface area contributed by atoms with Crippen LogP contribution >= 0.6 is 0 Å². The smallest absolute Gasteiger partial charge is 0.329 e. The van der Waals surface area contributed by atoms with E-state index in [1.54, 1.807) is 0 Å². The van der Waals surface area contributed by atoms with Crippen LogP contribution in [0, 0.1) is 23.7 Å². The maximum Gasteiger partial charge on any atom is 0.329 e. The van der Waals surface area contributed by atoms with Gasteiger partial charge in [-0.25, -0.2) is 9.78 Å². The molecule has 2 fully saturated rings. The van der Waals surface area contributed by atoms with Gasteiger partial charge in [0.2, 0.25) is 0 Å². The molecule has 282 valence electrons. The predicted molar refractivity (Wildman–Crippen MR) is 180 cm³/mol. The Morgan fingerprint density at radius 2 is 1.20 bits per heavy atom. The second-order valence-electron chi connectivity index (χ2n) is 13.5. The van der Waals surface area contributed by atoms with Crippen LogP contribution in [-0.2, 0) is 38.1 Å². The SMILES string of the molecule is CCC1CCC(C(=O)OCC(COC(=O)C2CCC(CC)CC2)OC(=O)CCCN(CCCC(=O)OC(CO)CO)C(=O)n2ccnc2)CC1. The molecule has 2 saturated carbocycles. The number of nitrogens with zero attached hydrogens (tertiary/aromatic N) is 3. The number of hydrogen-bond acceptors (Lipinski definition) is 12. The highest BCUT2D eigenvalue weighted by Crippen LogP contribution is 2.32. The highest BCUT2D eigenvalue weighted by Gasteiger charge is 2.30. The Bertz CT molecular complexity index is 1130. The molecule has 1 aromatic heterocycles. The Hall–Kier alpha value is -3.52. The van der Waals surface area contributed by atoms with Crippen molar-refractivity contribution in [2.75, 3.05) is 39.5 Å². The van der Waals surface area contributed by atoms with E-state index in [1.807, 2.05) is 0 Å². The first-order chi connectivity index (χ1) is 24.2. The van der Waals surface area contributed by atoms with Crippen LogP contribution in [0.1, 0.15) is 104 Å². The van der Waals surface area contributed by atoms with E-state index in [-0.39, 0.29) is 75.8 Å². The Labute approximate surface area is 295 Å².